The zero-order valence-electron chi connectivity index (χ0n) is 22.3. The van der Waals surface area contributed by atoms with Gasteiger partial charge >= 0.3 is 11.9 Å². The number of nitrogens with zero attached hydrogens (tertiary/aromatic N) is 3. The second-order valence-corrected chi connectivity index (χ2v) is 9.68. The average molecular weight is 546 g/mol. The maximum atomic E-state index is 14.4. The molecule has 0 unspecified atom stereocenters. The Labute approximate surface area is 229 Å². The van der Waals surface area contributed by atoms with Crippen molar-refractivity contribution >= 4 is 29.7 Å². The summed E-state index contributed by atoms with van der Waals surface area (Å²) in [5, 5.41) is 11.8. The summed E-state index contributed by atoms with van der Waals surface area (Å²) in [6.45, 7) is 1.74. The molecule has 11 nitrogen and oxygen atoms in total. The zero-order valence-corrected chi connectivity index (χ0v) is 22.3. The molecule has 1 fully saturated rings. The molecule has 2 aromatic rings. The van der Waals surface area contributed by atoms with E-state index in [9.17, 15) is 29.1 Å². The Morgan fingerprint density at radius 3 is 2.12 bits per heavy atom. The fourth-order valence-corrected chi connectivity index (χ4v) is 5.65. The van der Waals surface area contributed by atoms with E-state index in [1.807, 2.05) is 30.3 Å². The van der Waals surface area contributed by atoms with Crippen molar-refractivity contribution in [3.05, 3.63) is 94.5 Å². The second-order valence-electron chi connectivity index (χ2n) is 9.68. The Hall–Kier alpha value is -4.77. The molecule has 0 aliphatic carbocycles. The van der Waals surface area contributed by atoms with Crippen LogP contribution in [0.2, 0.25) is 0 Å². The number of hydrogen-bond donors (Lipinski definition) is 1. The van der Waals surface area contributed by atoms with Crippen LogP contribution in [0.4, 0.5) is 0 Å². The van der Waals surface area contributed by atoms with Gasteiger partial charge in [-0.15, -0.1) is 0 Å². The number of rotatable bonds is 5. The lowest BCUT2D eigenvalue weighted by Crippen LogP contribution is -2.66. The first-order valence-electron chi connectivity index (χ1n) is 12.5. The lowest BCUT2D eigenvalue weighted by atomic mass is 9.76. The molecule has 0 spiro atoms. The lowest BCUT2D eigenvalue weighted by Gasteiger charge is -2.51. The minimum Gasteiger partial charge on any atom is -0.466 e. The molecule has 3 atom stereocenters. The third-order valence-electron chi connectivity index (χ3n) is 7.62. The molecule has 2 aromatic carbocycles. The number of amides is 3. The van der Waals surface area contributed by atoms with Crippen LogP contribution in [-0.2, 0) is 40.0 Å². The van der Waals surface area contributed by atoms with E-state index < -0.39 is 47.2 Å². The fraction of sp³-hybridized carbons (Fsp3) is 0.276. The molecule has 1 N–H and O–H groups in total. The maximum absolute atomic E-state index is 14.4. The number of likely N-dealkylation sites (tertiary alicyclic amines) is 1. The molecule has 206 valence electrons. The molecular formula is C29H27N3O8. The van der Waals surface area contributed by atoms with E-state index in [-0.39, 0.29) is 23.5 Å². The van der Waals surface area contributed by atoms with Gasteiger partial charge in [0, 0.05) is 19.3 Å². The first-order valence-corrected chi connectivity index (χ1v) is 12.5. The average Bonchev–Trinajstić information content (AvgIpc) is 3.20. The number of carbonyl (C=O) groups excluding carboxylic acids is 5. The number of imide groups is 1. The van der Waals surface area contributed by atoms with Crippen LogP contribution >= 0.6 is 0 Å². The Kier molecular flexibility index (Phi) is 6.54. The molecule has 40 heavy (non-hydrogen) atoms. The summed E-state index contributed by atoms with van der Waals surface area (Å²) in [5.74, 6) is -6.93. The predicted molar refractivity (Wildman–Crippen MR) is 138 cm³/mol. The highest BCUT2D eigenvalue weighted by Gasteiger charge is 2.69. The second kappa shape index (κ2) is 9.76. The molecule has 3 aliphatic heterocycles. The van der Waals surface area contributed by atoms with Gasteiger partial charge in [0.05, 0.1) is 31.4 Å². The normalized spacial score (nSPS) is 24.3. The van der Waals surface area contributed by atoms with Crippen LogP contribution in [0, 0.1) is 5.92 Å². The number of fused-ring (bicyclic) bond motifs is 2. The minimum absolute atomic E-state index is 0.00543. The highest BCUT2D eigenvalue weighted by Crippen LogP contribution is 2.51. The molecule has 0 bridgehead atoms. The summed E-state index contributed by atoms with van der Waals surface area (Å²) in [5.41, 5.74) is -1.68. The van der Waals surface area contributed by atoms with Crippen molar-refractivity contribution in [2.24, 2.45) is 5.92 Å². The van der Waals surface area contributed by atoms with Crippen LogP contribution in [0.3, 0.4) is 0 Å². The van der Waals surface area contributed by atoms with E-state index in [2.05, 4.69) is 0 Å². The van der Waals surface area contributed by atoms with Gasteiger partial charge in [-0.3, -0.25) is 24.2 Å². The van der Waals surface area contributed by atoms with Crippen LogP contribution in [0.5, 0.6) is 0 Å². The first kappa shape index (κ1) is 26.8. The smallest absolute Gasteiger partial charge is 0.349 e. The summed E-state index contributed by atoms with van der Waals surface area (Å²) in [4.78, 5) is 71.2. The Bertz CT molecular complexity index is 1500. The highest BCUT2D eigenvalue weighted by molar-refractivity contribution is 6.23. The zero-order chi connectivity index (χ0) is 28.9. The monoisotopic (exact) mass is 545 g/mol. The van der Waals surface area contributed by atoms with Crippen LogP contribution < -0.4 is 0 Å². The van der Waals surface area contributed by atoms with Gasteiger partial charge in [0.2, 0.25) is 5.91 Å². The third-order valence-corrected chi connectivity index (χ3v) is 7.62. The van der Waals surface area contributed by atoms with Crippen molar-refractivity contribution in [1.82, 2.24) is 14.7 Å². The van der Waals surface area contributed by atoms with Crippen molar-refractivity contribution in [1.29, 1.82) is 0 Å². The number of methoxy groups -OCH3 is 2. The highest BCUT2D eigenvalue weighted by atomic mass is 16.5. The van der Waals surface area contributed by atoms with Crippen LogP contribution in [0.1, 0.15) is 24.1 Å². The van der Waals surface area contributed by atoms with Gasteiger partial charge in [0.15, 0.2) is 0 Å². The van der Waals surface area contributed by atoms with Gasteiger partial charge in [0.25, 0.3) is 17.4 Å². The van der Waals surface area contributed by atoms with Gasteiger partial charge in [-0.2, -0.15) is 0 Å². The fourth-order valence-electron chi connectivity index (χ4n) is 5.65. The van der Waals surface area contributed by atoms with E-state index in [1.165, 1.54) is 14.2 Å². The van der Waals surface area contributed by atoms with E-state index in [0.29, 0.717) is 11.3 Å². The van der Waals surface area contributed by atoms with Gasteiger partial charge in [-0.05, 0) is 18.1 Å². The maximum Gasteiger partial charge on any atom is 0.349 e. The molecule has 0 radical (unpaired) electrons. The first-order chi connectivity index (χ1) is 19.1. The standard InChI is InChI=1S/C29H27N3O8/c1-16-19(26(35)39-3)22(18-13-9-6-10-14-18)32-23(31(16)15-17-11-7-5-8-12-17)20-21(25(34)30(2)24(20)33)29(38,27(32)36)28(37)40-4/h5-14,21-22,38H,15H2,1-4H3/t21-,22-,29+/m0/s1. The molecule has 5 rings (SSSR count). The Balaban J connectivity index is 1.91. The van der Waals surface area contributed by atoms with Crippen LogP contribution in [0.15, 0.2) is 83.3 Å². The molecule has 3 heterocycles. The minimum atomic E-state index is -3.07. The van der Waals surface area contributed by atoms with E-state index in [4.69, 9.17) is 9.47 Å². The number of allylic oxidation sites excluding steroid dienone is 1. The van der Waals surface area contributed by atoms with Crippen molar-refractivity contribution in [3.8, 4) is 0 Å². The van der Waals surface area contributed by atoms with E-state index >= 15 is 0 Å². The SMILES string of the molecule is COC(=O)C1=C(C)N(Cc2ccccc2)C2=C3C(=O)N(C)C(=O)[C@H]3[C@](O)(C(=O)OC)C(=O)N2[C@H]1c1ccccc1. The van der Waals surface area contributed by atoms with Crippen LogP contribution in [0.25, 0.3) is 0 Å². The topological polar surface area (TPSA) is 134 Å². The number of benzene rings is 2. The van der Waals surface area contributed by atoms with Gasteiger partial charge in [-0.25, -0.2) is 9.59 Å². The Morgan fingerprint density at radius 2 is 1.55 bits per heavy atom. The summed E-state index contributed by atoms with van der Waals surface area (Å²) in [6, 6.07) is 16.4. The third kappa shape index (κ3) is 3.65. The van der Waals surface area contributed by atoms with Gasteiger partial charge in [0.1, 0.15) is 11.7 Å². The quantitative estimate of drug-likeness (QED) is 0.335. The summed E-state index contributed by atoms with van der Waals surface area (Å²) >= 11 is 0. The van der Waals surface area contributed by atoms with E-state index in [0.717, 1.165) is 22.5 Å². The number of carbonyl (C=O) groups is 5. The largest absolute Gasteiger partial charge is 0.466 e. The predicted octanol–water partition coefficient (Wildman–Crippen LogP) is 1.26. The summed E-state index contributed by atoms with van der Waals surface area (Å²) in [6.07, 6.45) is 0. The number of esters is 2. The van der Waals surface area contributed by atoms with Gasteiger partial charge < -0.3 is 19.5 Å². The van der Waals surface area contributed by atoms with E-state index in [1.54, 1.807) is 42.2 Å². The molecule has 3 aliphatic rings. The molecule has 3 amide bonds. The number of ether oxygens (including phenoxy) is 2. The van der Waals surface area contributed by atoms with Crippen molar-refractivity contribution in [2.45, 2.75) is 25.1 Å². The molecule has 1 saturated heterocycles. The van der Waals surface area contributed by atoms with Crippen molar-refractivity contribution in [2.75, 3.05) is 21.3 Å². The molecular weight excluding hydrogens is 518 g/mol. The number of likely N-dealkylation sites (N-methyl/N-ethyl adjacent to an activating group) is 1. The van der Waals surface area contributed by atoms with Crippen molar-refractivity contribution < 1.29 is 38.6 Å². The number of hydrogen-bond acceptors (Lipinski definition) is 9. The molecule has 0 aromatic heterocycles. The Morgan fingerprint density at radius 1 is 0.950 bits per heavy atom. The molecule has 0 saturated carbocycles. The van der Waals surface area contributed by atoms with Crippen molar-refractivity contribution in [3.63, 3.8) is 0 Å². The molecule has 11 heteroatoms. The number of aliphatic hydroxyl groups is 1. The lowest BCUT2D eigenvalue weighted by molar-refractivity contribution is -0.184. The summed E-state index contributed by atoms with van der Waals surface area (Å²) < 4.78 is 9.92. The van der Waals surface area contributed by atoms with Crippen LogP contribution in [-0.4, -0.2) is 76.3 Å². The summed E-state index contributed by atoms with van der Waals surface area (Å²) in [7, 11) is 3.38. The van der Waals surface area contributed by atoms with Gasteiger partial charge in [-0.1, -0.05) is 60.7 Å².